The van der Waals surface area contributed by atoms with Gasteiger partial charge in [0.15, 0.2) is 0 Å². The average molecular weight is 328 g/mol. The Hall–Kier alpha value is -1.84. The van der Waals surface area contributed by atoms with Gasteiger partial charge in [0.2, 0.25) is 11.8 Å². The summed E-state index contributed by atoms with van der Waals surface area (Å²) in [6.07, 6.45) is 4.10. The molecule has 1 aromatic carbocycles. The minimum absolute atomic E-state index is 0.189. The van der Waals surface area contributed by atoms with Crippen LogP contribution >= 0.6 is 0 Å². The molecule has 1 spiro atoms. The molecule has 2 amide bonds. The van der Waals surface area contributed by atoms with Crippen LogP contribution in [-0.4, -0.2) is 47.8 Å². The van der Waals surface area contributed by atoms with Crippen LogP contribution in [-0.2, 0) is 16.0 Å². The van der Waals surface area contributed by atoms with Crippen LogP contribution in [0.1, 0.15) is 43.7 Å². The number of amides is 2. The van der Waals surface area contributed by atoms with Crippen LogP contribution in [0.2, 0.25) is 0 Å². The van der Waals surface area contributed by atoms with Gasteiger partial charge in [0.1, 0.15) is 0 Å². The molecule has 2 aliphatic heterocycles. The number of carbonyl (C=O) groups excluding carboxylic acids is 2. The van der Waals surface area contributed by atoms with E-state index in [2.05, 4.69) is 19.1 Å². The highest BCUT2D eigenvalue weighted by Gasteiger charge is 2.46. The fraction of sp³-hybridized carbons (Fsp3) is 0.600. The van der Waals surface area contributed by atoms with E-state index in [1.807, 2.05) is 28.9 Å². The summed E-state index contributed by atoms with van der Waals surface area (Å²) in [5, 5.41) is 0. The fourth-order valence-corrected chi connectivity index (χ4v) is 4.09. The maximum Gasteiger partial charge on any atom is 0.228 e. The lowest BCUT2D eigenvalue weighted by molar-refractivity contribution is -0.137. The van der Waals surface area contributed by atoms with Gasteiger partial charge in [-0.15, -0.1) is 0 Å². The molecule has 4 nitrogen and oxygen atoms in total. The van der Waals surface area contributed by atoms with E-state index in [0.29, 0.717) is 18.9 Å². The third kappa shape index (κ3) is 3.33. The van der Waals surface area contributed by atoms with Crippen LogP contribution in [0.15, 0.2) is 24.3 Å². The van der Waals surface area contributed by atoms with E-state index in [-0.39, 0.29) is 11.3 Å². The number of likely N-dealkylation sites (tertiary alicyclic amines) is 2. The molecule has 0 bridgehead atoms. The number of hydrogen-bond acceptors (Lipinski definition) is 2. The number of rotatable bonds is 3. The molecule has 0 aliphatic carbocycles. The first-order valence-corrected chi connectivity index (χ1v) is 9.17. The van der Waals surface area contributed by atoms with Gasteiger partial charge in [0.25, 0.3) is 0 Å². The summed E-state index contributed by atoms with van der Waals surface area (Å²) in [6.45, 7) is 7.28. The van der Waals surface area contributed by atoms with Crippen LogP contribution in [0.4, 0.5) is 0 Å². The first-order chi connectivity index (χ1) is 11.5. The molecule has 4 heteroatoms. The molecule has 130 valence electrons. The largest absolute Gasteiger partial charge is 0.342 e. The molecule has 1 unspecified atom stereocenters. The van der Waals surface area contributed by atoms with Crippen molar-refractivity contribution in [3.05, 3.63) is 35.4 Å². The molecule has 1 aromatic rings. The molecular formula is C20H28N2O2. The van der Waals surface area contributed by atoms with E-state index < -0.39 is 0 Å². The molecule has 0 aromatic heterocycles. The Balaban J connectivity index is 1.62. The van der Waals surface area contributed by atoms with Crippen molar-refractivity contribution in [2.45, 2.75) is 46.0 Å². The maximum absolute atomic E-state index is 12.7. The molecule has 24 heavy (non-hydrogen) atoms. The number of carbonyl (C=O) groups is 2. The van der Waals surface area contributed by atoms with E-state index in [9.17, 15) is 9.59 Å². The lowest BCUT2D eigenvalue weighted by Gasteiger charge is -2.26. The van der Waals surface area contributed by atoms with Crippen LogP contribution in [0.5, 0.6) is 0 Å². The molecule has 2 saturated heterocycles. The van der Waals surface area contributed by atoms with E-state index >= 15 is 0 Å². The normalized spacial score (nSPS) is 24.5. The lowest BCUT2D eigenvalue weighted by atomic mass is 9.79. The summed E-state index contributed by atoms with van der Waals surface area (Å²) in [6, 6.07) is 8.17. The monoisotopic (exact) mass is 328 g/mol. The number of benzene rings is 1. The first kappa shape index (κ1) is 17.0. The molecule has 1 atom stereocenters. The smallest absolute Gasteiger partial charge is 0.228 e. The summed E-state index contributed by atoms with van der Waals surface area (Å²) in [7, 11) is 0. The molecule has 0 saturated carbocycles. The zero-order valence-corrected chi connectivity index (χ0v) is 14.9. The fourth-order valence-electron chi connectivity index (χ4n) is 4.09. The van der Waals surface area contributed by atoms with Gasteiger partial charge in [0.05, 0.1) is 11.8 Å². The molecule has 2 heterocycles. The van der Waals surface area contributed by atoms with Gasteiger partial charge in [-0.25, -0.2) is 0 Å². The van der Waals surface area contributed by atoms with Crippen molar-refractivity contribution >= 4 is 11.8 Å². The summed E-state index contributed by atoms with van der Waals surface area (Å²) in [5.74, 6) is 0.506. The minimum Gasteiger partial charge on any atom is -0.342 e. The van der Waals surface area contributed by atoms with Crippen molar-refractivity contribution in [3.63, 3.8) is 0 Å². The summed E-state index contributed by atoms with van der Waals surface area (Å²) < 4.78 is 0. The third-order valence-electron chi connectivity index (χ3n) is 5.76. The standard InChI is InChI=1S/C20H28N2O2/c1-3-21-13-10-20(19(21)24)9-4-12-22(14-11-20)18(23)15-17-7-5-16(2)6-8-17/h5-8H,3-4,9-15H2,1-2H3. The summed E-state index contributed by atoms with van der Waals surface area (Å²) in [5.41, 5.74) is 2.08. The zero-order chi connectivity index (χ0) is 17.2. The van der Waals surface area contributed by atoms with Gasteiger partial charge < -0.3 is 9.80 Å². The quantitative estimate of drug-likeness (QED) is 0.856. The van der Waals surface area contributed by atoms with Crippen molar-refractivity contribution in [2.24, 2.45) is 5.41 Å². The Kier molecular flexibility index (Phi) is 4.93. The third-order valence-corrected chi connectivity index (χ3v) is 5.76. The van der Waals surface area contributed by atoms with Crippen LogP contribution in [0, 0.1) is 12.3 Å². The van der Waals surface area contributed by atoms with Gasteiger partial charge in [-0.05, 0) is 45.1 Å². The molecular weight excluding hydrogens is 300 g/mol. The second-order valence-corrected chi connectivity index (χ2v) is 7.31. The SMILES string of the molecule is CCN1CCC2(CCCN(C(=O)Cc3ccc(C)cc3)CC2)C1=O. The van der Waals surface area contributed by atoms with Crippen molar-refractivity contribution < 1.29 is 9.59 Å². The molecule has 3 rings (SSSR count). The highest BCUT2D eigenvalue weighted by atomic mass is 16.2. The Morgan fingerprint density at radius 2 is 1.79 bits per heavy atom. The van der Waals surface area contributed by atoms with E-state index in [0.717, 1.165) is 50.9 Å². The molecule has 2 aliphatic rings. The van der Waals surface area contributed by atoms with Crippen LogP contribution < -0.4 is 0 Å². The average Bonchev–Trinajstić information content (AvgIpc) is 2.75. The predicted octanol–water partition coefficient (Wildman–Crippen LogP) is 2.79. The van der Waals surface area contributed by atoms with Crippen LogP contribution in [0.25, 0.3) is 0 Å². The van der Waals surface area contributed by atoms with Gasteiger partial charge >= 0.3 is 0 Å². The summed E-state index contributed by atoms with van der Waals surface area (Å²) in [4.78, 5) is 29.3. The zero-order valence-electron chi connectivity index (χ0n) is 14.9. The predicted molar refractivity (Wildman–Crippen MR) is 94.6 cm³/mol. The molecule has 0 N–H and O–H groups in total. The highest BCUT2D eigenvalue weighted by molar-refractivity contribution is 5.85. The van der Waals surface area contributed by atoms with Crippen molar-refractivity contribution in [1.82, 2.24) is 9.80 Å². The van der Waals surface area contributed by atoms with Gasteiger partial charge in [-0.2, -0.15) is 0 Å². The van der Waals surface area contributed by atoms with Crippen molar-refractivity contribution in [2.75, 3.05) is 26.2 Å². The second kappa shape index (κ2) is 6.96. The Morgan fingerprint density at radius 3 is 2.46 bits per heavy atom. The highest BCUT2D eigenvalue weighted by Crippen LogP contribution is 2.41. The number of nitrogens with zero attached hydrogens (tertiary/aromatic N) is 2. The Bertz CT molecular complexity index is 611. The van der Waals surface area contributed by atoms with Gasteiger partial charge in [-0.3, -0.25) is 9.59 Å². The maximum atomic E-state index is 12.7. The molecule has 0 radical (unpaired) electrons. The summed E-state index contributed by atoms with van der Waals surface area (Å²) >= 11 is 0. The van der Waals surface area contributed by atoms with Gasteiger partial charge in [-0.1, -0.05) is 29.8 Å². The second-order valence-electron chi connectivity index (χ2n) is 7.31. The van der Waals surface area contributed by atoms with E-state index in [1.165, 1.54) is 5.56 Å². The lowest BCUT2D eigenvalue weighted by Crippen LogP contribution is -2.37. The Labute approximate surface area is 144 Å². The minimum atomic E-state index is -0.200. The number of aryl methyl sites for hydroxylation is 1. The molecule has 2 fully saturated rings. The first-order valence-electron chi connectivity index (χ1n) is 9.17. The van der Waals surface area contributed by atoms with Crippen molar-refractivity contribution in [1.29, 1.82) is 0 Å². The van der Waals surface area contributed by atoms with Crippen molar-refractivity contribution in [3.8, 4) is 0 Å². The van der Waals surface area contributed by atoms with E-state index in [1.54, 1.807) is 0 Å². The number of hydrogen-bond donors (Lipinski definition) is 0. The topological polar surface area (TPSA) is 40.6 Å². The van der Waals surface area contributed by atoms with Crippen LogP contribution in [0.3, 0.4) is 0 Å². The van der Waals surface area contributed by atoms with E-state index in [4.69, 9.17) is 0 Å². The van der Waals surface area contributed by atoms with Gasteiger partial charge in [0, 0.05) is 26.2 Å². The Morgan fingerprint density at radius 1 is 1.08 bits per heavy atom.